The van der Waals surface area contributed by atoms with E-state index in [0.717, 1.165) is 12.8 Å². The Morgan fingerprint density at radius 1 is 0.719 bits per heavy atom. The average molecular weight is 447 g/mol. The second-order valence-electron chi connectivity index (χ2n) is 12.0. The molecule has 8 nitrogen and oxygen atoms in total. The number of rotatable bonds is 4. The van der Waals surface area contributed by atoms with Crippen molar-refractivity contribution in [3.8, 4) is 0 Å². The number of hydrogen-bond donors (Lipinski definition) is 2. The van der Waals surface area contributed by atoms with Gasteiger partial charge in [-0.25, -0.2) is 19.6 Å². The molecule has 0 radical (unpaired) electrons. The zero-order chi connectivity index (χ0) is 23.9. The second-order valence-corrected chi connectivity index (χ2v) is 12.0. The number of carbonyl (C=O) groups excluding carboxylic acids is 2. The molecule has 3 heterocycles. The van der Waals surface area contributed by atoms with Gasteiger partial charge in [0.15, 0.2) is 0 Å². The predicted octanol–water partition coefficient (Wildman–Crippen LogP) is 3.41. The maximum atomic E-state index is 12.6. The highest BCUT2D eigenvalue weighted by Crippen LogP contribution is 2.32. The molecular formula is C24H38N4O4. The summed E-state index contributed by atoms with van der Waals surface area (Å²) in [6.45, 7) is 16.8. The summed E-state index contributed by atoms with van der Waals surface area (Å²) in [6, 6.07) is 0. The van der Waals surface area contributed by atoms with Crippen LogP contribution >= 0.6 is 0 Å². The van der Waals surface area contributed by atoms with Crippen molar-refractivity contribution in [1.82, 2.24) is 20.6 Å². The van der Waals surface area contributed by atoms with Gasteiger partial charge in [0.25, 0.3) is 0 Å². The Labute approximate surface area is 191 Å². The standard InChI is InChI=1S/C24H38N4O4/c1-21(2)9-16(10-22(3,4)27-21)31-19(29)15-13-25-18(26-14-15)20(30)32-17-11-23(5,6)28-24(7,8)12-17/h13-14,16-17,27-28H,9-12H2,1-8H3. The third-order valence-electron chi connectivity index (χ3n) is 5.92. The van der Waals surface area contributed by atoms with Crippen LogP contribution in [-0.4, -0.2) is 56.3 Å². The van der Waals surface area contributed by atoms with E-state index in [-0.39, 0.29) is 45.8 Å². The smallest absolute Gasteiger partial charge is 0.376 e. The largest absolute Gasteiger partial charge is 0.459 e. The SMILES string of the molecule is CC1(C)CC(OC(=O)c2cnc(C(=O)OC3CC(C)(C)NC(C)(C)C3)nc2)CC(C)(C)N1. The van der Waals surface area contributed by atoms with Crippen LogP contribution in [0.2, 0.25) is 0 Å². The van der Waals surface area contributed by atoms with Crippen molar-refractivity contribution in [1.29, 1.82) is 0 Å². The molecule has 2 saturated heterocycles. The van der Waals surface area contributed by atoms with E-state index in [0.29, 0.717) is 12.8 Å². The Kier molecular flexibility index (Phi) is 6.43. The van der Waals surface area contributed by atoms with Gasteiger partial charge in [0.2, 0.25) is 5.82 Å². The van der Waals surface area contributed by atoms with Crippen LogP contribution in [0.25, 0.3) is 0 Å². The molecule has 32 heavy (non-hydrogen) atoms. The van der Waals surface area contributed by atoms with Crippen molar-refractivity contribution in [3.63, 3.8) is 0 Å². The van der Waals surface area contributed by atoms with E-state index in [1.165, 1.54) is 12.4 Å². The molecule has 8 heteroatoms. The molecule has 0 bridgehead atoms. The number of nitrogens with zero attached hydrogens (tertiary/aromatic N) is 2. The maximum absolute atomic E-state index is 12.6. The molecule has 0 saturated carbocycles. The topological polar surface area (TPSA) is 102 Å². The molecular weight excluding hydrogens is 408 g/mol. The van der Waals surface area contributed by atoms with Crippen molar-refractivity contribution in [2.45, 2.75) is 115 Å². The summed E-state index contributed by atoms with van der Waals surface area (Å²) in [7, 11) is 0. The molecule has 1 aromatic rings. The monoisotopic (exact) mass is 446 g/mol. The number of ether oxygens (including phenoxy) is 2. The van der Waals surface area contributed by atoms with Crippen molar-refractivity contribution < 1.29 is 19.1 Å². The van der Waals surface area contributed by atoms with E-state index in [2.05, 4.69) is 76.0 Å². The van der Waals surface area contributed by atoms with Crippen molar-refractivity contribution in [2.24, 2.45) is 0 Å². The van der Waals surface area contributed by atoms with Gasteiger partial charge in [-0.05, 0) is 55.4 Å². The molecule has 0 aliphatic carbocycles. The van der Waals surface area contributed by atoms with Crippen molar-refractivity contribution >= 4 is 11.9 Å². The number of carbonyl (C=O) groups is 2. The lowest BCUT2D eigenvalue weighted by atomic mass is 9.81. The number of piperidine rings is 2. The molecule has 2 N–H and O–H groups in total. The molecule has 0 unspecified atom stereocenters. The summed E-state index contributed by atoms with van der Waals surface area (Å²) < 4.78 is 11.4. The summed E-state index contributed by atoms with van der Waals surface area (Å²) in [5.74, 6) is -1.12. The van der Waals surface area contributed by atoms with Crippen LogP contribution in [0.3, 0.4) is 0 Å². The molecule has 2 aliphatic rings. The van der Waals surface area contributed by atoms with Crippen molar-refractivity contribution in [3.05, 3.63) is 23.8 Å². The first-order valence-corrected chi connectivity index (χ1v) is 11.4. The summed E-state index contributed by atoms with van der Waals surface area (Å²) in [5.41, 5.74) is -0.319. The fourth-order valence-corrected chi connectivity index (χ4v) is 5.59. The van der Waals surface area contributed by atoms with Gasteiger partial charge in [0.1, 0.15) is 12.2 Å². The zero-order valence-electron chi connectivity index (χ0n) is 20.7. The summed E-state index contributed by atoms with van der Waals surface area (Å²) >= 11 is 0. The van der Waals surface area contributed by atoms with Crippen LogP contribution in [0.4, 0.5) is 0 Å². The number of hydrogen-bond acceptors (Lipinski definition) is 8. The summed E-state index contributed by atoms with van der Waals surface area (Å²) in [4.78, 5) is 33.4. The van der Waals surface area contributed by atoms with E-state index in [1.807, 2.05) is 0 Å². The van der Waals surface area contributed by atoms with E-state index < -0.39 is 11.9 Å². The molecule has 0 spiro atoms. The molecule has 3 rings (SSSR count). The van der Waals surface area contributed by atoms with Crippen LogP contribution < -0.4 is 10.6 Å². The minimum Gasteiger partial charge on any atom is -0.459 e. The van der Waals surface area contributed by atoms with E-state index in [9.17, 15) is 9.59 Å². The Balaban J connectivity index is 1.61. The lowest BCUT2D eigenvalue weighted by molar-refractivity contribution is -0.00897. The van der Waals surface area contributed by atoms with Crippen LogP contribution in [0, 0.1) is 0 Å². The van der Waals surface area contributed by atoms with Gasteiger partial charge < -0.3 is 20.1 Å². The second kappa shape index (κ2) is 8.37. The normalized spacial score (nSPS) is 24.5. The Hall–Kier alpha value is -2.06. The molecule has 0 atom stereocenters. The van der Waals surface area contributed by atoms with Crippen LogP contribution in [0.15, 0.2) is 12.4 Å². The van der Waals surface area contributed by atoms with Crippen LogP contribution in [0.1, 0.15) is 102 Å². The minimum absolute atomic E-state index is 0.0557. The first-order chi connectivity index (χ1) is 14.5. The molecule has 0 amide bonds. The fraction of sp³-hybridized carbons (Fsp3) is 0.750. The van der Waals surface area contributed by atoms with Gasteiger partial charge in [-0.2, -0.15) is 0 Å². The minimum atomic E-state index is -0.578. The third-order valence-corrected chi connectivity index (χ3v) is 5.92. The lowest BCUT2D eigenvalue weighted by Crippen LogP contribution is -2.59. The van der Waals surface area contributed by atoms with Gasteiger partial charge >= 0.3 is 11.9 Å². The average Bonchev–Trinajstić information content (AvgIpc) is 2.56. The Morgan fingerprint density at radius 2 is 1.06 bits per heavy atom. The predicted molar refractivity (Wildman–Crippen MR) is 121 cm³/mol. The van der Waals surface area contributed by atoms with Gasteiger partial charge in [-0.3, -0.25) is 0 Å². The first-order valence-electron chi connectivity index (χ1n) is 11.4. The third kappa shape index (κ3) is 6.48. The highest BCUT2D eigenvalue weighted by Gasteiger charge is 2.41. The Morgan fingerprint density at radius 3 is 1.44 bits per heavy atom. The number of esters is 2. The van der Waals surface area contributed by atoms with Gasteiger partial charge in [-0.15, -0.1) is 0 Å². The van der Waals surface area contributed by atoms with Gasteiger partial charge in [0, 0.05) is 60.2 Å². The molecule has 2 fully saturated rings. The number of nitrogens with one attached hydrogen (secondary N) is 2. The molecule has 2 aliphatic heterocycles. The van der Waals surface area contributed by atoms with E-state index in [1.54, 1.807) is 0 Å². The van der Waals surface area contributed by atoms with Gasteiger partial charge in [-0.1, -0.05) is 0 Å². The summed E-state index contributed by atoms with van der Waals surface area (Å²) in [6.07, 6.45) is 5.08. The molecule has 178 valence electrons. The van der Waals surface area contributed by atoms with Crippen molar-refractivity contribution in [2.75, 3.05) is 0 Å². The zero-order valence-corrected chi connectivity index (χ0v) is 20.7. The Bertz CT molecular complexity index is 758. The maximum Gasteiger partial charge on any atom is 0.376 e. The van der Waals surface area contributed by atoms with E-state index in [4.69, 9.17) is 9.47 Å². The molecule has 1 aromatic heterocycles. The highest BCUT2D eigenvalue weighted by atomic mass is 16.5. The fourth-order valence-electron chi connectivity index (χ4n) is 5.59. The first kappa shape index (κ1) is 24.6. The van der Waals surface area contributed by atoms with Crippen LogP contribution in [-0.2, 0) is 9.47 Å². The highest BCUT2D eigenvalue weighted by molar-refractivity contribution is 5.90. The van der Waals surface area contributed by atoms with Crippen LogP contribution in [0.5, 0.6) is 0 Å². The van der Waals surface area contributed by atoms with E-state index >= 15 is 0 Å². The molecule has 0 aromatic carbocycles. The number of aromatic nitrogens is 2. The quantitative estimate of drug-likeness (QED) is 0.679. The van der Waals surface area contributed by atoms with Gasteiger partial charge in [0.05, 0.1) is 5.56 Å². The summed E-state index contributed by atoms with van der Waals surface area (Å²) in [5, 5.41) is 7.13. The lowest BCUT2D eigenvalue weighted by Gasteiger charge is -2.45.